The topological polar surface area (TPSA) is 29.5 Å². The van der Waals surface area contributed by atoms with Crippen LogP contribution in [0.5, 0.6) is 0 Å². The highest BCUT2D eigenvalue weighted by atomic mass is 16.5. The van der Waals surface area contributed by atoms with E-state index in [0.717, 1.165) is 50.2 Å². The predicted molar refractivity (Wildman–Crippen MR) is 82.5 cm³/mol. The van der Waals surface area contributed by atoms with Crippen LogP contribution in [0, 0.1) is 0 Å². The van der Waals surface area contributed by atoms with E-state index in [0.29, 0.717) is 12.5 Å². The van der Waals surface area contributed by atoms with E-state index in [4.69, 9.17) is 4.74 Å². The molecule has 1 aliphatic rings. The van der Waals surface area contributed by atoms with Crippen LogP contribution in [-0.2, 0) is 4.74 Å². The summed E-state index contributed by atoms with van der Waals surface area (Å²) in [5, 5.41) is 0. The van der Waals surface area contributed by atoms with Gasteiger partial charge in [-0.3, -0.25) is 4.79 Å². The normalized spacial score (nSPS) is 19.1. The van der Waals surface area contributed by atoms with Crippen molar-refractivity contribution in [2.75, 3.05) is 24.6 Å². The molecule has 110 valence electrons. The molecular weight excluding hydrogens is 250 g/mol. The molecule has 0 aromatic heterocycles. The number of rotatable bonds is 6. The van der Waals surface area contributed by atoms with Gasteiger partial charge in [-0.05, 0) is 31.4 Å². The fraction of sp³-hybridized carbons (Fsp3) is 0.588. The summed E-state index contributed by atoms with van der Waals surface area (Å²) in [7, 11) is 0. The van der Waals surface area contributed by atoms with Gasteiger partial charge in [0.2, 0.25) is 0 Å². The molecule has 1 atom stereocenters. The van der Waals surface area contributed by atoms with Crippen LogP contribution in [0.25, 0.3) is 0 Å². The summed E-state index contributed by atoms with van der Waals surface area (Å²) in [6.07, 6.45) is 4.17. The number of piperidine rings is 1. The highest BCUT2D eigenvalue weighted by Gasteiger charge is 2.23. The van der Waals surface area contributed by atoms with E-state index >= 15 is 0 Å². The second kappa shape index (κ2) is 7.44. The molecular formula is C17H25NO2. The zero-order valence-electron chi connectivity index (χ0n) is 12.6. The summed E-state index contributed by atoms with van der Waals surface area (Å²) in [4.78, 5) is 14.4. The maximum absolute atomic E-state index is 12.1. The first-order valence-corrected chi connectivity index (χ1v) is 7.75. The van der Waals surface area contributed by atoms with Crippen LogP contribution in [0.3, 0.4) is 0 Å². The lowest BCUT2D eigenvalue weighted by molar-refractivity contribution is 0.0440. The standard InChI is InChI=1S/C17H25NO2/c1-3-12-20-14-8-7-11-18(13-14)16-10-6-5-9-15(16)17(19)4-2/h5-6,9-10,14H,3-4,7-8,11-13H2,1-2H3. The van der Waals surface area contributed by atoms with Gasteiger partial charge < -0.3 is 9.64 Å². The third-order valence-corrected chi connectivity index (χ3v) is 3.80. The first-order chi connectivity index (χ1) is 9.76. The van der Waals surface area contributed by atoms with Gasteiger partial charge in [0.25, 0.3) is 0 Å². The Balaban J connectivity index is 2.12. The minimum absolute atomic E-state index is 0.220. The molecule has 1 unspecified atom stereocenters. The number of carbonyl (C=O) groups excluding carboxylic acids is 1. The zero-order chi connectivity index (χ0) is 14.4. The van der Waals surface area contributed by atoms with Crippen LogP contribution in [0.15, 0.2) is 24.3 Å². The van der Waals surface area contributed by atoms with Crippen molar-refractivity contribution in [3.05, 3.63) is 29.8 Å². The molecule has 3 nitrogen and oxygen atoms in total. The Morgan fingerprint density at radius 2 is 2.15 bits per heavy atom. The van der Waals surface area contributed by atoms with Crippen LogP contribution < -0.4 is 4.90 Å². The molecule has 0 saturated carbocycles. The Labute approximate surface area is 121 Å². The summed E-state index contributed by atoms with van der Waals surface area (Å²) in [6, 6.07) is 7.96. The number of para-hydroxylation sites is 1. The lowest BCUT2D eigenvalue weighted by Gasteiger charge is -2.35. The van der Waals surface area contributed by atoms with Gasteiger partial charge in [-0.25, -0.2) is 0 Å². The molecule has 1 aliphatic heterocycles. The minimum atomic E-state index is 0.220. The number of carbonyl (C=O) groups is 1. The van der Waals surface area contributed by atoms with E-state index in [2.05, 4.69) is 17.9 Å². The Bertz CT molecular complexity index is 444. The monoisotopic (exact) mass is 275 g/mol. The molecule has 3 heteroatoms. The van der Waals surface area contributed by atoms with Crippen LogP contribution in [0.4, 0.5) is 5.69 Å². The number of hydrogen-bond donors (Lipinski definition) is 0. The van der Waals surface area contributed by atoms with Gasteiger partial charge in [0.15, 0.2) is 5.78 Å². The third kappa shape index (κ3) is 3.60. The lowest BCUT2D eigenvalue weighted by atomic mass is 10.0. The largest absolute Gasteiger partial charge is 0.376 e. The minimum Gasteiger partial charge on any atom is -0.376 e. The van der Waals surface area contributed by atoms with E-state index in [1.807, 2.05) is 25.1 Å². The SMILES string of the molecule is CCCOC1CCCN(c2ccccc2C(=O)CC)C1. The average Bonchev–Trinajstić information content (AvgIpc) is 2.52. The van der Waals surface area contributed by atoms with Crippen molar-refractivity contribution < 1.29 is 9.53 Å². The fourth-order valence-electron chi connectivity index (χ4n) is 2.75. The summed E-state index contributed by atoms with van der Waals surface area (Å²) in [5.74, 6) is 0.220. The number of Topliss-reactive ketones (excluding diaryl/α,β-unsaturated/α-hetero) is 1. The van der Waals surface area contributed by atoms with Crippen molar-refractivity contribution >= 4 is 11.5 Å². The van der Waals surface area contributed by atoms with Gasteiger partial charge in [0.05, 0.1) is 6.10 Å². The highest BCUT2D eigenvalue weighted by Crippen LogP contribution is 2.26. The number of ketones is 1. The van der Waals surface area contributed by atoms with Crippen LogP contribution in [0.1, 0.15) is 49.9 Å². The maximum atomic E-state index is 12.1. The quantitative estimate of drug-likeness (QED) is 0.742. The Morgan fingerprint density at radius 1 is 1.35 bits per heavy atom. The summed E-state index contributed by atoms with van der Waals surface area (Å²) >= 11 is 0. The van der Waals surface area contributed by atoms with Crippen molar-refractivity contribution in [1.82, 2.24) is 0 Å². The van der Waals surface area contributed by atoms with E-state index in [1.165, 1.54) is 0 Å². The van der Waals surface area contributed by atoms with Gasteiger partial charge >= 0.3 is 0 Å². The van der Waals surface area contributed by atoms with Gasteiger partial charge in [0.1, 0.15) is 0 Å². The smallest absolute Gasteiger partial charge is 0.164 e. The van der Waals surface area contributed by atoms with Crippen molar-refractivity contribution in [3.8, 4) is 0 Å². The highest BCUT2D eigenvalue weighted by molar-refractivity contribution is 6.01. The zero-order valence-corrected chi connectivity index (χ0v) is 12.6. The summed E-state index contributed by atoms with van der Waals surface area (Å²) in [6.45, 7) is 6.79. The summed E-state index contributed by atoms with van der Waals surface area (Å²) < 4.78 is 5.88. The van der Waals surface area contributed by atoms with E-state index < -0.39 is 0 Å². The fourth-order valence-corrected chi connectivity index (χ4v) is 2.75. The molecule has 0 spiro atoms. The summed E-state index contributed by atoms with van der Waals surface area (Å²) in [5.41, 5.74) is 1.93. The first kappa shape index (κ1) is 15.0. The molecule has 0 radical (unpaired) electrons. The Kier molecular flexibility index (Phi) is 5.60. The molecule has 20 heavy (non-hydrogen) atoms. The van der Waals surface area contributed by atoms with Crippen LogP contribution >= 0.6 is 0 Å². The van der Waals surface area contributed by atoms with Crippen molar-refractivity contribution in [2.24, 2.45) is 0 Å². The number of ether oxygens (including phenoxy) is 1. The second-order valence-electron chi connectivity index (χ2n) is 5.37. The van der Waals surface area contributed by atoms with E-state index in [-0.39, 0.29) is 5.78 Å². The molecule has 1 aromatic carbocycles. The first-order valence-electron chi connectivity index (χ1n) is 7.75. The van der Waals surface area contributed by atoms with Gasteiger partial charge in [0, 0.05) is 37.4 Å². The molecule has 1 fully saturated rings. The number of hydrogen-bond acceptors (Lipinski definition) is 3. The molecule has 0 N–H and O–H groups in total. The van der Waals surface area contributed by atoms with Crippen molar-refractivity contribution in [2.45, 2.75) is 45.6 Å². The number of nitrogens with zero attached hydrogens (tertiary/aromatic N) is 1. The van der Waals surface area contributed by atoms with Gasteiger partial charge in [-0.15, -0.1) is 0 Å². The molecule has 1 aromatic rings. The molecule has 1 heterocycles. The maximum Gasteiger partial charge on any atom is 0.164 e. The van der Waals surface area contributed by atoms with Crippen molar-refractivity contribution in [1.29, 1.82) is 0 Å². The van der Waals surface area contributed by atoms with E-state index in [1.54, 1.807) is 0 Å². The van der Waals surface area contributed by atoms with Gasteiger partial charge in [-0.1, -0.05) is 26.0 Å². The molecule has 0 bridgehead atoms. The van der Waals surface area contributed by atoms with Crippen LogP contribution in [-0.4, -0.2) is 31.6 Å². The Hall–Kier alpha value is -1.35. The average molecular weight is 275 g/mol. The van der Waals surface area contributed by atoms with Crippen molar-refractivity contribution in [3.63, 3.8) is 0 Å². The second-order valence-corrected chi connectivity index (χ2v) is 5.37. The number of benzene rings is 1. The predicted octanol–water partition coefficient (Wildman–Crippen LogP) is 3.67. The lowest BCUT2D eigenvalue weighted by Crippen LogP contribution is -2.40. The van der Waals surface area contributed by atoms with Crippen LogP contribution in [0.2, 0.25) is 0 Å². The molecule has 0 amide bonds. The van der Waals surface area contributed by atoms with Gasteiger partial charge in [-0.2, -0.15) is 0 Å². The Morgan fingerprint density at radius 3 is 2.90 bits per heavy atom. The molecule has 0 aliphatic carbocycles. The van der Waals surface area contributed by atoms with E-state index in [9.17, 15) is 4.79 Å². The third-order valence-electron chi connectivity index (χ3n) is 3.80. The molecule has 2 rings (SSSR count). The molecule has 1 saturated heterocycles. The number of anilines is 1.